The third kappa shape index (κ3) is 1.82. The molecule has 1 aromatic carbocycles. The average Bonchev–Trinajstić information content (AvgIpc) is 2.32. The molecule has 0 heterocycles. The number of carbonyl (C=O) groups is 1. The first kappa shape index (κ1) is 11.4. The van der Waals surface area contributed by atoms with Gasteiger partial charge in [0.05, 0.1) is 17.6 Å². The van der Waals surface area contributed by atoms with Gasteiger partial charge in [-0.25, -0.2) is 0 Å². The van der Waals surface area contributed by atoms with Crippen molar-refractivity contribution in [1.29, 1.82) is 0 Å². The number of nitrogens with two attached hydrogens (primary N) is 1. The van der Waals surface area contributed by atoms with Crippen LogP contribution in [0.5, 0.6) is 5.75 Å². The van der Waals surface area contributed by atoms with Crippen LogP contribution in [-0.2, 0) is 11.2 Å². The Labute approximate surface area is 97.0 Å². The molecule has 0 radical (unpaired) electrons. The molecule has 4 N–H and O–H groups in total. The SMILES string of the molecule is Nc1c(O)ccc2c1C(C(=O)O)C[C@@H](N=O)C2. The van der Waals surface area contributed by atoms with E-state index in [0.29, 0.717) is 17.5 Å². The van der Waals surface area contributed by atoms with Gasteiger partial charge < -0.3 is 15.9 Å². The number of phenolic OH excluding ortho intramolecular Hbond substituents is 1. The highest BCUT2D eigenvalue weighted by atomic mass is 16.4. The third-order valence-electron chi connectivity index (χ3n) is 3.11. The van der Waals surface area contributed by atoms with Crippen LogP contribution in [0.2, 0.25) is 0 Å². The minimum atomic E-state index is -1.06. The Morgan fingerprint density at radius 3 is 2.76 bits per heavy atom. The lowest BCUT2D eigenvalue weighted by Crippen LogP contribution is -2.27. The predicted octanol–water partition coefficient (Wildman–Crippen LogP) is 1.22. The van der Waals surface area contributed by atoms with Gasteiger partial charge in [-0.15, -0.1) is 0 Å². The summed E-state index contributed by atoms with van der Waals surface area (Å²) < 4.78 is 0. The maximum atomic E-state index is 11.2. The van der Waals surface area contributed by atoms with Gasteiger partial charge in [0.1, 0.15) is 5.75 Å². The van der Waals surface area contributed by atoms with Gasteiger partial charge in [0.25, 0.3) is 0 Å². The van der Waals surface area contributed by atoms with Gasteiger partial charge in [-0.2, -0.15) is 4.91 Å². The molecule has 6 heteroatoms. The summed E-state index contributed by atoms with van der Waals surface area (Å²) >= 11 is 0. The fourth-order valence-corrected chi connectivity index (χ4v) is 2.29. The molecular formula is C11H12N2O4. The number of carboxylic acid groups (broad SMARTS) is 1. The molecule has 6 nitrogen and oxygen atoms in total. The molecule has 90 valence electrons. The van der Waals surface area contributed by atoms with E-state index in [9.17, 15) is 14.8 Å². The van der Waals surface area contributed by atoms with Crippen LogP contribution in [0.1, 0.15) is 23.5 Å². The predicted molar refractivity (Wildman–Crippen MR) is 60.8 cm³/mol. The first-order chi connectivity index (χ1) is 8.04. The van der Waals surface area contributed by atoms with Crippen LogP contribution in [0, 0.1) is 4.91 Å². The number of hydrogen-bond donors (Lipinski definition) is 3. The number of benzene rings is 1. The van der Waals surface area contributed by atoms with E-state index >= 15 is 0 Å². The first-order valence-electron chi connectivity index (χ1n) is 5.20. The second kappa shape index (κ2) is 4.04. The van der Waals surface area contributed by atoms with Gasteiger partial charge in [-0.3, -0.25) is 4.79 Å². The molecule has 1 aliphatic rings. The largest absolute Gasteiger partial charge is 0.506 e. The van der Waals surface area contributed by atoms with Gasteiger partial charge in [-0.1, -0.05) is 11.2 Å². The van der Waals surface area contributed by atoms with Crippen LogP contribution in [0.25, 0.3) is 0 Å². The fraction of sp³-hybridized carbons (Fsp3) is 0.364. The van der Waals surface area contributed by atoms with Gasteiger partial charge >= 0.3 is 5.97 Å². The molecule has 0 aliphatic heterocycles. The van der Waals surface area contributed by atoms with Crippen LogP contribution >= 0.6 is 0 Å². The maximum absolute atomic E-state index is 11.2. The summed E-state index contributed by atoms with van der Waals surface area (Å²) in [7, 11) is 0. The number of phenols is 1. The lowest BCUT2D eigenvalue weighted by atomic mass is 9.79. The monoisotopic (exact) mass is 236 g/mol. The van der Waals surface area contributed by atoms with Crippen LogP contribution in [0.3, 0.4) is 0 Å². The molecule has 0 amide bonds. The van der Waals surface area contributed by atoms with E-state index in [1.54, 1.807) is 6.07 Å². The summed E-state index contributed by atoms with van der Waals surface area (Å²) in [6.45, 7) is 0. The zero-order valence-corrected chi connectivity index (χ0v) is 8.96. The smallest absolute Gasteiger partial charge is 0.311 e. The summed E-state index contributed by atoms with van der Waals surface area (Å²) in [5, 5.41) is 21.5. The number of rotatable bonds is 2. The van der Waals surface area contributed by atoms with Crippen molar-refractivity contribution in [2.45, 2.75) is 24.8 Å². The molecule has 1 aliphatic carbocycles. The van der Waals surface area contributed by atoms with Crippen LogP contribution in [-0.4, -0.2) is 22.2 Å². The van der Waals surface area contributed by atoms with Gasteiger partial charge in [-0.05, 0) is 30.0 Å². The Hall–Kier alpha value is -2.11. The van der Waals surface area contributed by atoms with Crippen molar-refractivity contribution in [2.75, 3.05) is 5.73 Å². The number of nitrogen functional groups attached to an aromatic ring is 1. The number of aliphatic carboxylic acids is 1. The number of aromatic hydroxyl groups is 1. The lowest BCUT2D eigenvalue weighted by Gasteiger charge is -2.27. The molecule has 1 aromatic rings. The highest BCUT2D eigenvalue weighted by molar-refractivity contribution is 5.81. The zero-order valence-electron chi connectivity index (χ0n) is 8.96. The highest BCUT2D eigenvalue weighted by Gasteiger charge is 2.34. The molecule has 0 saturated carbocycles. The van der Waals surface area contributed by atoms with Crippen molar-refractivity contribution in [3.63, 3.8) is 0 Å². The number of nitroso groups, excluding NO2 is 1. The van der Waals surface area contributed by atoms with E-state index in [0.717, 1.165) is 0 Å². The molecule has 2 rings (SSSR count). The fourth-order valence-electron chi connectivity index (χ4n) is 2.29. The van der Waals surface area contributed by atoms with E-state index < -0.39 is 17.9 Å². The molecule has 0 aromatic heterocycles. The van der Waals surface area contributed by atoms with E-state index in [2.05, 4.69) is 5.18 Å². The molecule has 0 spiro atoms. The van der Waals surface area contributed by atoms with E-state index in [1.807, 2.05) is 0 Å². The summed E-state index contributed by atoms with van der Waals surface area (Å²) in [5.41, 5.74) is 6.86. The number of fused-ring (bicyclic) bond motifs is 1. The van der Waals surface area contributed by atoms with Crippen molar-refractivity contribution in [1.82, 2.24) is 0 Å². The maximum Gasteiger partial charge on any atom is 0.311 e. The zero-order chi connectivity index (χ0) is 12.6. The van der Waals surface area contributed by atoms with Crippen molar-refractivity contribution in [2.24, 2.45) is 5.18 Å². The molecule has 0 fully saturated rings. The number of carboxylic acids is 1. The second-order valence-electron chi connectivity index (χ2n) is 4.16. The minimum absolute atomic E-state index is 0.0826. The van der Waals surface area contributed by atoms with Crippen LogP contribution in [0.4, 0.5) is 5.69 Å². The Bertz CT molecular complexity index is 487. The number of hydrogen-bond acceptors (Lipinski definition) is 5. The summed E-state index contributed by atoms with van der Waals surface area (Å²) in [6.07, 6.45) is 0.493. The Morgan fingerprint density at radius 1 is 1.47 bits per heavy atom. The standard InChI is InChI=1S/C11H12N2O4/c12-10-8(14)2-1-5-3-6(13-17)4-7(9(5)10)11(15)16/h1-2,6-7,14H,3-4,12H2,(H,15,16)/t6-,7?/m0/s1. The second-order valence-corrected chi connectivity index (χ2v) is 4.16. The summed E-state index contributed by atoms with van der Waals surface area (Å²) in [4.78, 5) is 21.7. The number of anilines is 1. The van der Waals surface area contributed by atoms with Crippen molar-refractivity contribution in [3.8, 4) is 5.75 Å². The molecule has 17 heavy (non-hydrogen) atoms. The van der Waals surface area contributed by atoms with E-state index in [4.69, 9.17) is 10.8 Å². The Kier molecular flexibility index (Phi) is 2.71. The van der Waals surface area contributed by atoms with Crippen LogP contribution in [0.15, 0.2) is 17.3 Å². The molecule has 2 atom stereocenters. The highest BCUT2D eigenvalue weighted by Crippen LogP contribution is 2.40. The topological polar surface area (TPSA) is 113 Å². The van der Waals surface area contributed by atoms with Gasteiger partial charge in [0.2, 0.25) is 0 Å². The minimum Gasteiger partial charge on any atom is -0.506 e. The van der Waals surface area contributed by atoms with Crippen LogP contribution < -0.4 is 5.73 Å². The van der Waals surface area contributed by atoms with Crippen molar-refractivity contribution in [3.05, 3.63) is 28.2 Å². The Morgan fingerprint density at radius 2 is 2.18 bits per heavy atom. The quantitative estimate of drug-likeness (QED) is 0.406. The first-order valence-corrected chi connectivity index (χ1v) is 5.20. The van der Waals surface area contributed by atoms with Crippen molar-refractivity contribution >= 4 is 11.7 Å². The number of nitrogens with zero attached hydrogens (tertiary/aromatic N) is 1. The average molecular weight is 236 g/mol. The lowest BCUT2D eigenvalue weighted by molar-refractivity contribution is -0.139. The van der Waals surface area contributed by atoms with Crippen molar-refractivity contribution < 1.29 is 15.0 Å². The van der Waals surface area contributed by atoms with E-state index in [-0.39, 0.29) is 17.9 Å². The normalized spacial score (nSPS) is 22.8. The molecule has 1 unspecified atom stereocenters. The van der Waals surface area contributed by atoms with Gasteiger partial charge in [0.15, 0.2) is 0 Å². The molecular weight excluding hydrogens is 224 g/mol. The Balaban J connectivity index is 2.56. The summed E-state index contributed by atoms with van der Waals surface area (Å²) in [6, 6.07) is 2.45. The third-order valence-corrected chi connectivity index (χ3v) is 3.11. The molecule has 0 bridgehead atoms. The summed E-state index contributed by atoms with van der Waals surface area (Å²) in [5.74, 6) is -2.07. The van der Waals surface area contributed by atoms with E-state index in [1.165, 1.54) is 6.07 Å². The molecule has 0 saturated heterocycles. The van der Waals surface area contributed by atoms with Gasteiger partial charge in [0, 0.05) is 0 Å².